The molecule has 16 heavy (non-hydrogen) atoms. The Morgan fingerprint density at radius 2 is 1.75 bits per heavy atom. The number of nitrogens with two attached hydrogens (primary N) is 1. The normalized spacial score (nSPS) is 19.3. The predicted molar refractivity (Wildman–Crippen MR) is 65.3 cm³/mol. The van der Waals surface area contributed by atoms with Gasteiger partial charge < -0.3 is 5.73 Å². The summed E-state index contributed by atoms with van der Waals surface area (Å²) in [5.41, 5.74) is 6.82. The number of hydrogen-bond donors (Lipinski definition) is 1. The molecule has 2 N–H and O–H groups in total. The van der Waals surface area contributed by atoms with Crippen molar-refractivity contribution >= 4 is 5.78 Å². The maximum Gasteiger partial charge on any atom is 0.179 e. The van der Waals surface area contributed by atoms with E-state index >= 15 is 0 Å². The highest BCUT2D eigenvalue weighted by atomic mass is 16.1. The standard InChI is InChI=1S/C14H19NO/c15-13(11-7-3-1-4-8-11)14(16)12-9-5-2-6-10-12/h2,5-6,9-11,13H,1,3-4,7-8,15H2. The Kier molecular flexibility index (Phi) is 3.73. The van der Waals surface area contributed by atoms with Gasteiger partial charge in [0.2, 0.25) is 0 Å². The van der Waals surface area contributed by atoms with E-state index in [-0.39, 0.29) is 11.8 Å². The Morgan fingerprint density at radius 3 is 2.38 bits per heavy atom. The van der Waals surface area contributed by atoms with Crippen molar-refractivity contribution in [3.05, 3.63) is 35.9 Å². The summed E-state index contributed by atoms with van der Waals surface area (Å²) >= 11 is 0. The second kappa shape index (κ2) is 5.26. The average molecular weight is 217 g/mol. The Bertz CT molecular complexity index is 341. The molecule has 1 saturated carbocycles. The third kappa shape index (κ3) is 2.50. The minimum absolute atomic E-state index is 0.104. The summed E-state index contributed by atoms with van der Waals surface area (Å²) in [6.07, 6.45) is 5.96. The van der Waals surface area contributed by atoms with Crippen molar-refractivity contribution < 1.29 is 4.79 Å². The third-order valence-electron chi connectivity index (χ3n) is 3.52. The summed E-state index contributed by atoms with van der Waals surface area (Å²) in [5.74, 6) is 0.494. The topological polar surface area (TPSA) is 43.1 Å². The lowest BCUT2D eigenvalue weighted by Crippen LogP contribution is -2.39. The Balaban J connectivity index is 2.04. The van der Waals surface area contributed by atoms with Crippen LogP contribution in [0, 0.1) is 5.92 Å². The van der Waals surface area contributed by atoms with E-state index in [0.29, 0.717) is 5.92 Å². The first-order valence-electron chi connectivity index (χ1n) is 6.14. The zero-order chi connectivity index (χ0) is 11.4. The highest BCUT2D eigenvalue weighted by Crippen LogP contribution is 2.26. The molecule has 0 bridgehead atoms. The van der Waals surface area contributed by atoms with Crippen molar-refractivity contribution in [1.29, 1.82) is 0 Å². The number of hydrogen-bond acceptors (Lipinski definition) is 2. The quantitative estimate of drug-likeness (QED) is 0.791. The van der Waals surface area contributed by atoms with E-state index in [4.69, 9.17) is 5.73 Å². The van der Waals surface area contributed by atoms with Crippen molar-refractivity contribution in [2.75, 3.05) is 0 Å². The lowest BCUT2D eigenvalue weighted by molar-refractivity contribution is 0.0916. The smallest absolute Gasteiger partial charge is 0.179 e. The van der Waals surface area contributed by atoms with Gasteiger partial charge in [-0.25, -0.2) is 0 Å². The van der Waals surface area contributed by atoms with Gasteiger partial charge >= 0.3 is 0 Å². The summed E-state index contributed by atoms with van der Waals surface area (Å²) < 4.78 is 0. The predicted octanol–water partition coefficient (Wildman–Crippen LogP) is 2.78. The molecule has 1 aromatic carbocycles. The molecule has 2 nitrogen and oxygen atoms in total. The maximum absolute atomic E-state index is 12.1. The fraction of sp³-hybridized carbons (Fsp3) is 0.500. The molecule has 1 aliphatic rings. The van der Waals surface area contributed by atoms with E-state index in [0.717, 1.165) is 18.4 Å². The molecule has 1 aromatic rings. The van der Waals surface area contributed by atoms with Gasteiger partial charge in [0.25, 0.3) is 0 Å². The first kappa shape index (κ1) is 11.3. The van der Waals surface area contributed by atoms with Crippen molar-refractivity contribution in [1.82, 2.24) is 0 Å². The van der Waals surface area contributed by atoms with Crippen LogP contribution in [0.4, 0.5) is 0 Å². The molecule has 0 heterocycles. The molecule has 1 aliphatic carbocycles. The van der Waals surface area contributed by atoms with Crippen LogP contribution in [-0.4, -0.2) is 11.8 Å². The molecule has 0 aliphatic heterocycles. The van der Waals surface area contributed by atoms with E-state index in [1.807, 2.05) is 30.3 Å². The monoisotopic (exact) mass is 217 g/mol. The molecule has 2 rings (SSSR count). The highest BCUT2D eigenvalue weighted by molar-refractivity contribution is 6.00. The van der Waals surface area contributed by atoms with Crippen LogP contribution >= 0.6 is 0 Å². The van der Waals surface area contributed by atoms with Gasteiger partial charge in [0.1, 0.15) is 0 Å². The molecular weight excluding hydrogens is 198 g/mol. The maximum atomic E-state index is 12.1. The van der Waals surface area contributed by atoms with Crippen LogP contribution in [0.3, 0.4) is 0 Å². The SMILES string of the molecule is NC(C(=O)c1ccccc1)C1CCCCC1. The fourth-order valence-electron chi connectivity index (χ4n) is 2.50. The van der Waals surface area contributed by atoms with Crippen LogP contribution in [0.2, 0.25) is 0 Å². The van der Waals surface area contributed by atoms with Crippen molar-refractivity contribution in [2.24, 2.45) is 11.7 Å². The molecule has 1 fully saturated rings. The molecule has 1 unspecified atom stereocenters. The second-order valence-corrected chi connectivity index (χ2v) is 4.65. The Hall–Kier alpha value is -1.15. The van der Waals surface area contributed by atoms with Crippen molar-refractivity contribution in [2.45, 2.75) is 38.1 Å². The molecule has 0 spiro atoms. The summed E-state index contributed by atoms with van der Waals surface area (Å²) in [4.78, 5) is 12.1. The van der Waals surface area contributed by atoms with Gasteiger partial charge in [-0.2, -0.15) is 0 Å². The summed E-state index contributed by atoms with van der Waals surface area (Å²) in [6, 6.07) is 9.10. The van der Waals surface area contributed by atoms with E-state index in [9.17, 15) is 4.79 Å². The Morgan fingerprint density at radius 1 is 1.12 bits per heavy atom. The largest absolute Gasteiger partial charge is 0.321 e. The molecule has 0 aromatic heterocycles. The molecule has 2 heteroatoms. The van der Waals surface area contributed by atoms with Crippen LogP contribution in [0.25, 0.3) is 0 Å². The van der Waals surface area contributed by atoms with E-state index in [1.165, 1.54) is 19.3 Å². The highest BCUT2D eigenvalue weighted by Gasteiger charge is 2.26. The van der Waals surface area contributed by atoms with Crippen LogP contribution in [-0.2, 0) is 0 Å². The number of benzene rings is 1. The molecule has 0 saturated heterocycles. The van der Waals surface area contributed by atoms with Crippen molar-refractivity contribution in [3.8, 4) is 0 Å². The van der Waals surface area contributed by atoms with E-state index in [2.05, 4.69) is 0 Å². The van der Waals surface area contributed by atoms with Gasteiger partial charge in [-0.05, 0) is 18.8 Å². The summed E-state index contributed by atoms with van der Waals surface area (Å²) in [7, 11) is 0. The Labute approximate surface area is 96.8 Å². The lowest BCUT2D eigenvalue weighted by Gasteiger charge is -2.26. The van der Waals surface area contributed by atoms with Crippen LogP contribution in [0.1, 0.15) is 42.5 Å². The van der Waals surface area contributed by atoms with Crippen molar-refractivity contribution in [3.63, 3.8) is 0 Å². The summed E-state index contributed by atoms with van der Waals surface area (Å²) in [5, 5.41) is 0. The first-order valence-corrected chi connectivity index (χ1v) is 6.14. The van der Waals surface area contributed by atoms with Gasteiger partial charge in [-0.3, -0.25) is 4.79 Å². The van der Waals surface area contributed by atoms with Gasteiger partial charge in [0, 0.05) is 5.56 Å². The number of rotatable bonds is 3. The first-order chi connectivity index (χ1) is 7.79. The molecule has 0 radical (unpaired) electrons. The molecular formula is C14H19NO. The fourth-order valence-corrected chi connectivity index (χ4v) is 2.50. The minimum atomic E-state index is -0.303. The molecule has 86 valence electrons. The van der Waals surface area contributed by atoms with Gasteiger partial charge in [-0.1, -0.05) is 49.6 Å². The lowest BCUT2D eigenvalue weighted by atomic mass is 9.81. The van der Waals surface area contributed by atoms with E-state index < -0.39 is 0 Å². The van der Waals surface area contributed by atoms with Crippen LogP contribution in [0.15, 0.2) is 30.3 Å². The van der Waals surface area contributed by atoms with Gasteiger partial charge in [0.15, 0.2) is 5.78 Å². The minimum Gasteiger partial charge on any atom is -0.321 e. The second-order valence-electron chi connectivity index (χ2n) is 4.65. The van der Waals surface area contributed by atoms with E-state index in [1.54, 1.807) is 0 Å². The number of ketones is 1. The van der Waals surface area contributed by atoms with Crippen LogP contribution in [0.5, 0.6) is 0 Å². The summed E-state index contributed by atoms with van der Waals surface area (Å²) in [6.45, 7) is 0. The number of Topliss-reactive ketones (excluding diaryl/α,β-unsaturated/α-hetero) is 1. The zero-order valence-electron chi connectivity index (χ0n) is 9.56. The average Bonchev–Trinajstić information content (AvgIpc) is 2.39. The molecule has 0 amide bonds. The zero-order valence-corrected chi connectivity index (χ0v) is 9.56. The number of carbonyl (C=O) groups excluding carboxylic acids is 1. The number of carbonyl (C=O) groups is 1. The van der Waals surface area contributed by atoms with Gasteiger partial charge in [-0.15, -0.1) is 0 Å². The third-order valence-corrected chi connectivity index (χ3v) is 3.52. The molecule has 1 atom stereocenters. The van der Waals surface area contributed by atoms with Gasteiger partial charge in [0.05, 0.1) is 6.04 Å². The van der Waals surface area contributed by atoms with Crippen LogP contribution < -0.4 is 5.73 Å².